The van der Waals surface area contributed by atoms with Gasteiger partial charge in [-0.05, 0) is 25.5 Å². The molecule has 2 aromatic rings. The standard InChI is InChI=1S/C15H20N4O4S2/c1-3-19-14(12-5-4-7-23-12)16-17-15(19)24-9-13(20)18(2)11-6-8-25(21,22)10-11/h4-5,7,11H,3,6,8-10H2,1-2H3. The molecule has 0 aromatic carbocycles. The Morgan fingerprint density at radius 3 is 2.88 bits per heavy atom. The first-order valence-corrected chi connectivity index (χ1v) is 10.8. The first-order chi connectivity index (χ1) is 11.9. The summed E-state index contributed by atoms with van der Waals surface area (Å²) in [6.45, 7) is 2.62. The summed E-state index contributed by atoms with van der Waals surface area (Å²) in [6, 6.07) is 3.36. The lowest BCUT2D eigenvalue weighted by Crippen LogP contribution is -2.38. The predicted octanol–water partition coefficient (Wildman–Crippen LogP) is 1.30. The summed E-state index contributed by atoms with van der Waals surface area (Å²) >= 11 is 1.29. The molecular formula is C15H20N4O4S2. The van der Waals surface area contributed by atoms with E-state index in [0.717, 1.165) is 0 Å². The second-order valence-electron chi connectivity index (χ2n) is 5.88. The van der Waals surface area contributed by atoms with Crippen LogP contribution in [0.2, 0.25) is 0 Å². The zero-order valence-electron chi connectivity index (χ0n) is 14.1. The molecule has 1 unspecified atom stereocenters. The van der Waals surface area contributed by atoms with Crippen molar-refractivity contribution in [2.75, 3.05) is 24.3 Å². The number of nitrogens with zero attached hydrogens (tertiary/aromatic N) is 4. The predicted molar refractivity (Wildman–Crippen MR) is 94.0 cm³/mol. The molecule has 0 bridgehead atoms. The Morgan fingerprint density at radius 1 is 1.48 bits per heavy atom. The number of hydrogen-bond donors (Lipinski definition) is 0. The van der Waals surface area contributed by atoms with E-state index in [0.29, 0.717) is 29.7 Å². The zero-order chi connectivity index (χ0) is 18.0. The monoisotopic (exact) mass is 384 g/mol. The number of amides is 1. The third-order valence-electron chi connectivity index (χ3n) is 4.25. The van der Waals surface area contributed by atoms with Crippen LogP contribution in [-0.2, 0) is 21.2 Å². The van der Waals surface area contributed by atoms with Crippen LogP contribution in [-0.4, -0.2) is 64.3 Å². The van der Waals surface area contributed by atoms with Gasteiger partial charge in [0, 0.05) is 19.6 Å². The molecule has 3 heterocycles. The second kappa shape index (κ2) is 7.20. The second-order valence-corrected chi connectivity index (χ2v) is 9.05. The highest BCUT2D eigenvalue weighted by atomic mass is 32.2. The van der Waals surface area contributed by atoms with Crippen molar-refractivity contribution in [3.63, 3.8) is 0 Å². The minimum atomic E-state index is -3.01. The Bertz CT molecular complexity index is 845. The van der Waals surface area contributed by atoms with Gasteiger partial charge in [0.25, 0.3) is 0 Å². The quantitative estimate of drug-likeness (QED) is 0.692. The van der Waals surface area contributed by atoms with Gasteiger partial charge in [-0.15, -0.1) is 10.2 Å². The molecule has 25 heavy (non-hydrogen) atoms. The van der Waals surface area contributed by atoms with E-state index in [2.05, 4.69) is 10.2 Å². The normalized spacial score (nSPS) is 19.2. The minimum Gasteiger partial charge on any atom is -0.461 e. The number of carbonyl (C=O) groups excluding carboxylic acids is 1. The van der Waals surface area contributed by atoms with Gasteiger partial charge >= 0.3 is 0 Å². The summed E-state index contributed by atoms with van der Waals surface area (Å²) in [5.74, 6) is 1.52. The van der Waals surface area contributed by atoms with E-state index < -0.39 is 9.84 Å². The van der Waals surface area contributed by atoms with E-state index in [9.17, 15) is 13.2 Å². The Balaban J connectivity index is 1.64. The van der Waals surface area contributed by atoms with E-state index in [4.69, 9.17) is 4.42 Å². The summed E-state index contributed by atoms with van der Waals surface area (Å²) in [6.07, 6.45) is 2.08. The highest BCUT2D eigenvalue weighted by Crippen LogP contribution is 2.25. The molecule has 1 amide bonds. The van der Waals surface area contributed by atoms with Gasteiger partial charge in [0.05, 0.1) is 23.5 Å². The van der Waals surface area contributed by atoms with Crippen LogP contribution in [0.15, 0.2) is 28.0 Å². The number of rotatable bonds is 6. The molecule has 1 aliphatic rings. The lowest BCUT2D eigenvalue weighted by atomic mass is 10.2. The maximum atomic E-state index is 12.4. The van der Waals surface area contributed by atoms with Crippen molar-refractivity contribution in [3.05, 3.63) is 18.4 Å². The van der Waals surface area contributed by atoms with E-state index in [1.165, 1.54) is 16.7 Å². The zero-order valence-corrected chi connectivity index (χ0v) is 15.7. The van der Waals surface area contributed by atoms with E-state index >= 15 is 0 Å². The fraction of sp³-hybridized carbons (Fsp3) is 0.533. The number of aromatic nitrogens is 3. The molecule has 136 valence electrons. The maximum absolute atomic E-state index is 12.4. The molecule has 0 N–H and O–H groups in total. The van der Waals surface area contributed by atoms with Crippen molar-refractivity contribution in [2.24, 2.45) is 0 Å². The minimum absolute atomic E-state index is 0.0493. The SMILES string of the molecule is CCn1c(SCC(=O)N(C)C2CCS(=O)(=O)C2)nnc1-c1ccco1. The van der Waals surface area contributed by atoms with Crippen LogP contribution in [0.4, 0.5) is 0 Å². The van der Waals surface area contributed by atoms with Crippen molar-refractivity contribution in [2.45, 2.75) is 31.1 Å². The van der Waals surface area contributed by atoms with Gasteiger partial charge in [0.1, 0.15) is 0 Å². The average molecular weight is 384 g/mol. The third kappa shape index (κ3) is 3.90. The summed E-state index contributed by atoms with van der Waals surface area (Å²) in [7, 11) is -1.35. The molecular weight excluding hydrogens is 364 g/mol. The Hall–Kier alpha value is -1.81. The highest BCUT2D eigenvalue weighted by Gasteiger charge is 2.32. The van der Waals surface area contributed by atoms with Gasteiger partial charge in [-0.25, -0.2) is 8.42 Å². The lowest BCUT2D eigenvalue weighted by molar-refractivity contribution is -0.128. The van der Waals surface area contributed by atoms with Crippen molar-refractivity contribution in [1.29, 1.82) is 0 Å². The molecule has 1 saturated heterocycles. The number of sulfone groups is 1. The Morgan fingerprint density at radius 2 is 2.28 bits per heavy atom. The van der Waals surface area contributed by atoms with E-state index in [-0.39, 0.29) is 29.2 Å². The maximum Gasteiger partial charge on any atom is 0.233 e. The van der Waals surface area contributed by atoms with Crippen LogP contribution in [0.5, 0.6) is 0 Å². The molecule has 0 spiro atoms. The molecule has 1 aliphatic heterocycles. The van der Waals surface area contributed by atoms with Crippen molar-refractivity contribution in [1.82, 2.24) is 19.7 Å². The van der Waals surface area contributed by atoms with Crippen LogP contribution in [0.25, 0.3) is 11.6 Å². The first kappa shape index (κ1) is 18.0. The van der Waals surface area contributed by atoms with Crippen LogP contribution in [0, 0.1) is 0 Å². The van der Waals surface area contributed by atoms with Crippen molar-refractivity contribution >= 4 is 27.5 Å². The molecule has 8 nitrogen and oxygen atoms in total. The van der Waals surface area contributed by atoms with Crippen LogP contribution in [0.1, 0.15) is 13.3 Å². The van der Waals surface area contributed by atoms with Crippen molar-refractivity contribution < 1.29 is 17.6 Å². The van der Waals surface area contributed by atoms with Gasteiger partial charge in [-0.3, -0.25) is 9.36 Å². The Labute approximate surface area is 150 Å². The third-order valence-corrected chi connectivity index (χ3v) is 6.95. The van der Waals surface area contributed by atoms with Crippen LogP contribution >= 0.6 is 11.8 Å². The number of hydrogen-bond acceptors (Lipinski definition) is 7. The molecule has 0 saturated carbocycles. The van der Waals surface area contributed by atoms with Crippen LogP contribution in [0.3, 0.4) is 0 Å². The first-order valence-electron chi connectivity index (χ1n) is 7.97. The van der Waals surface area contributed by atoms with E-state index in [1.807, 2.05) is 17.6 Å². The highest BCUT2D eigenvalue weighted by molar-refractivity contribution is 7.99. The fourth-order valence-electron chi connectivity index (χ4n) is 2.78. The largest absolute Gasteiger partial charge is 0.461 e. The molecule has 0 aliphatic carbocycles. The lowest BCUT2D eigenvalue weighted by Gasteiger charge is -2.23. The van der Waals surface area contributed by atoms with Gasteiger partial charge in [0.2, 0.25) is 5.91 Å². The fourth-order valence-corrected chi connectivity index (χ4v) is 5.48. The molecule has 1 fully saturated rings. The van der Waals surface area contributed by atoms with Crippen LogP contribution < -0.4 is 0 Å². The topological polar surface area (TPSA) is 98.3 Å². The molecule has 3 rings (SSSR count). The van der Waals surface area contributed by atoms with Gasteiger partial charge in [-0.2, -0.15) is 0 Å². The van der Waals surface area contributed by atoms with Gasteiger partial charge in [-0.1, -0.05) is 11.8 Å². The van der Waals surface area contributed by atoms with Gasteiger partial charge < -0.3 is 9.32 Å². The average Bonchev–Trinajstić information content (AvgIpc) is 3.30. The molecule has 1 atom stereocenters. The summed E-state index contributed by atoms with van der Waals surface area (Å²) in [5.41, 5.74) is 0. The molecule has 2 aromatic heterocycles. The summed E-state index contributed by atoms with van der Waals surface area (Å²) in [5, 5.41) is 8.92. The summed E-state index contributed by atoms with van der Waals surface area (Å²) in [4.78, 5) is 13.9. The summed E-state index contributed by atoms with van der Waals surface area (Å²) < 4.78 is 30.4. The number of carbonyl (C=O) groups is 1. The molecule has 0 radical (unpaired) electrons. The molecule has 10 heteroatoms. The number of furan rings is 1. The van der Waals surface area contributed by atoms with Gasteiger partial charge in [0.15, 0.2) is 26.6 Å². The smallest absolute Gasteiger partial charge is 0.233 e. The Kier molecular flexibility index (Phi) is 5.19. The number of thioether (sulfide) groups is 1. The van der Waals surface area contributed by atoms with Crippen molar-refractivity contribution in [3.8, 4) is 11.6 Å². The van der Waals surface area contributed by atoms with E-state index in [1.54, 1.807) is 19.4 Å².